The highest BCUT2D eigenvalue weighted by Crippen LogP contribution is 2.16. The summed E-state index contributed by atoms with van der Waals surface area (Å²) in [5.74, 6) is 1.63. The maximum atomic E-state index is 4.55. The van der Waals surface area contributed by atoms with Crippen LogP contribution in [-0.4, -0.2) is 23.6 Å². The van der Waals surface area contributed by atoms with E-state index in [0.29, 0.717) is 5.95 Å². The van der Waals surface area contributed by atoms with Gasteiger partial charge in [0, 0.05) is 31.9 Å². The second-order valence-corrected chi connectivity index (χ2v) is 5.07. The third kappa shape index (κ3) is 3.70. The van der Waals surface area contributed by atoms with Gasteiger partial charge in [0.25, 0.3) is 0 Å². The van der Waals surface area contributed by atoms with Crippen LogP contribution >= 0.6 is 0 Å². The molecule has 0 fully saturated rings. The Labute approximate surface area is 120 Å². The van der Waals surface area contributed by atoms with Gasteiger partial charge in [0.05, 0.1) is 0 Å². The van der Waals surface area contributed by atoms with E-state index in [9.17, 15) is 0 Å². The Morgan fingerprint density at radius 1 is 1.15 bits per heavy atom. The summed E-state index contributed by atoms with van der Waals surface area (Å²) in [4.78, 5) is 11.1. The molecule has 1 N–H and O–H groups in total. The quantitative estimate of drug-likeness (QED) is 0.906. The second-order valence-electron chi connectivity index (χ2n) is 5.07. The molecule has 0 aliphatic heterocycles. The van der Waals surface area contributed by atoms with Gasteiger partial charge in [-0.3, -0.25) is 0 Å². The molecule has 0 aliphatic rings. The number of nitrogens with one attached hydrogen (secondary N) is 1. The molecule has 1 aromatic heterocycles. The lowest BCUT2D eigenvalue weighted by atomic mass is 10.1. The molecule has 2 rings (SSSR count). The van der Waals surface area contributed by atoms with Crippen LogP contribution in [0.1, 0.15) is 23.7 Å². The van der Waals surface area contributed by atoms with E-state index in [2.05, 4.69) is 58.4 Å². The van der Waals surface area contributed by atoms with Crippen molar-refractivity contribution in [3.05, 3.63) is 47.2 Å². The van der Waals surface area contributed by atoms with Gasteiger partial charge in [-0.25, -0.2) is 4.98 Å². The van der Waals surface area contributed by atoms with Crippen molar-refractivity contribution in [2.75, 3.05) is 23.8 Å². The van der Waals surface area contributed by atoms with Gasteiger partial charge in [0.2, 0.25) is 5.95 Å². The van der Waals surface area contributed by atoms with E-state index in [1.807, 2.05) is 19.9 Å². The number of rotatable bonds is 5. The fraction of sp³-hybridized carbons (Fsp3) is 0.375. The van der Waals surface area contributed by atoms with Gasteiger partial charge < -0.3 is 10.2 Å². The van der Waals surface area contributed by atoms with E-state index in [4.69, 9.17) is 0 Å². The van der Waals surface area contributed by atoms with Crippen molar-refractivity contribution in [2.24, 2.45) is 0 Å². The zero-order valence-electron chi connectivity index (χ0n) is 12.6. The van der Waals surface area contributed by atoms with E-state index in [-0.39, 0.29) is 0 Å². The summed E-state index contributed by atoms with van der Waals surface area (Å²) in [6.45, 7) is 7.81. The van der Waals surface area contributed by atoms with Crippen molar-refractivity contribution in [2.45, 2.75) is 27.3 Å². The summed E-state index contributed by atoms with van der Waals surface area (Å²) in [5, 5.41) is 3.17. The van der Waals surface area contributed by atoms with Gasteiger partial charge in [-0.15, -0.1) is 0 Å². The number of anilines is 2. The van der Waals surface area contributed by atoms with Crippen molar-refractivity contribution < 1.29 is 0 Å². The third-order valence-corrected chi connectivity index (χ3v) is 3.07. The van der Waals surface area contributed by atoms with Crippen LogP contribution in [0.15, 0.2) is 30.3 Å². The van der Waals surface area contributed by atoms with Gasteiger partial charge in [-0.05, 0) is 26.3 Å². The lowest BCUT2D eigenvalue weighted by Gasteiger charge is -2.19. The number of hydrogen-bond acceptors (Lipinski definition) is 4. The average molecular weight is 270 g/mol. The van der Waals surface area contributed by atoms with Gasteiger partial charge in [-0.2, -0.15) is 4.98 Å². The Bertz CT molecular complexity index is 580. The van der Waals surface area contributed by atoms with Crippen LogP contribution in [0.3, 0.4) is 0 Å². The molecular weight excluding hydrogens is 248 g/mol. The highest BCUT2D eigenvalue weighted by molar-refractivity contribution is 5.44. The van der Waals surface area contributed by atoms with E-state index in [1.54, 1.807) is 0 Å². The minimum atomic E-state index is 0.693. The minimum absolute atomic E-state index is 0.693. The fourth-order valence-corrected chi connectivity index (χ4v) is 2.15. The van der Waals surface area contributed by atoms with Crippen molar-refractivity contribution in [1.29, 1.82) is 0 Å². The Kier molecular flexibility index (Phi) is 4.56. The summed E-state index contributed by atoms with van der Waals surface area (Å²) in [6, 6.07) is 10.6. The molecule has 20 heavy (non-hydrogen) atoms. The van der Waals surface area contributed by atoms with Gasteiger partial charge >= 0.3 is 0 Å². The number of aromatic nitrogens is 2. The lowest BCUT2D eigenvalue weighted by molar-refractivity contribution is 0.884. The van der Waals surface area contributed by atoms with Crippen LogP contribution in [0, 0.1) is 13.8 Å². The zero-order chi connectivity index (χ0) is 14.5. The topological polar surface area (TPSA) is 41.1 Å². The summed E-state index contributed by atoms with van der Waals surface area (Å²) < 4.78 is 0. The first kappa shape index (κ1) is 14.3. The summed E-state index contributed by atoms with van der Waals surface area (Å²) in [7, 11) is 2.06. The third-order valence-electron chi connectivity index (χ3n) is 3.07. The molecule has 4 heteroatoms. The number of benzene rings is 1. The molecule has 0 atom stereocenters. The number of nitrogens with zero attached hydrogens (tertiary/aromatic N) is 3. The second kappa shape index (κ2) is 6.37. The van der Waals surface area contributed by atoms with E-state index in [0.717, 1.165) is 24.6 Å². The molecular formula is C16H22N4. The van der Waals surface area contributed by atoms with Crippen molar-refractivity contribution >= 4 is 11.8 Å². The normalized spacial score (nSPS) is 10.4. The van der Waals surface area contributed by atoms with Gasteiger partial charge in [0.15, 0.2) is 0 Å². The fourth-order valence-electron chi connectivity index (χ4n) is 2.15. The maximum absolute atomic E-state index is 4.55. The SMILES string of the molecule is CCNc1nc(C)cc(N(C)Cc2cccc(C)c2)n1. The van der Waals surface area contributed by atoms with Crippen LogP contribution in [0.25, 0.3) is 0 Å². The van der Waals surface area contributed by atoms with Gasteiger partial charge in [-0.1, -0.05) is 29.8 Å². The predicted octanol–water partition coefficient (Wildman–Crippen LogP) is 3.16. The lowest BCUT2D eigenvalue weighted by Crippen LogP contribution is -2.19. The van der Waals surface area contributed by atoms with Gasteiger partial charge in [0.1, 0.15) is 5.82 Å². The Morgan fingerprint density at radius 2 is 1.95 bits per heavy atom. The monoisotopic (exact) mass is 270 g/mol. The molecule has 1 heterocycles. The van der Waals surface area contributed by atoms with Crippen LogP contribution in [0.2, 0.25) is 0 Å². The largest absolute Gasteiger partial charge is 0.355 e. The Balaban J connectivity index is 2.18. The molecule has 0 saturated heterocycles. The van der Waals surface area contributed by atoms with Crippen molar-refractivity contribution in [1.82, 2.24) is 9.97 Å². The molecule has 0 saturated carbocycles. The molecule has 0 amide bonds. The van der Waals surface area contributed by atoms with Crippen LogP contribution < -0.4 is 10.2 Å². The molecule has 106 valence electrons. The highest BCUT2D eigenvalue weighted by atomic mass is 15.2. The predicted molar refractivity (Wildman–Crippen MR) is 84.2 cm³/mol. The molecule has 0 aliphatic carbocycles. The first-order valence-corrected chi connectivity index (χ1v) is 6.94. The van der Waals surface area contributed by atoms with Crippen molar-refractivity contribution in [3.63, 3.8) is 0 Å². The van der Waals surface area contributed by atoms with Crippen LogP contribution in [0.4, 0.5) is 11.8 Å². The number of hydrogen-bond donors (Lipinski definition) is 1. The first-order chi connectivity index (χ1) is 9.58. The average Bonchev–Trinajstić information content (AvgIpc) is 2.38. The summed E-state index contributed by atoms with van der Waals surface area (Å²) in [5.41, 5.74) is 3.54. The van der Waals surface area contributed by atoms with Crippen molar-refractivity contribution in [3.8, 4) is 0 Å². The molecule has 0 unspecified atom stereocenters. The van der Waals surface area contributed by atoms with Crippen LogP contribution in [-0.2, 0) is 6.54 Å². The van der Waals surface area contributed by atoms with E-state index in [1.165, 1.54) is 11.1 Å². The van der Waals surface area contributed by atoms with Crippen LogP contribution in [0.5, 0.6) is 0 Å². The Morgan fingerprint density at radius 3 is 2.65 bits per heavy atom. The Hall–Kier alpha value is -2.10. The molecule has 4 nitrogen and oxygen atoms in total. The smallest absolute Gasteiger partial charge is 0.224 e. The standard InChI is InChI=1S/C16H22N4/c1-5-17-16-18-13(3)10-15(19-16)20(4)11-14-8-6-7-12(2)9-14/h6-10H,5,11H2,1-4H3,(H,17,18,19). The maximum Gasteiger partial charge on any atom is 0.224 e. The number of aryl methyl sites for hydroxylation is 2. The molecule has 0 bridgehead atoms. The molecule has 0 spiro atoms. The van der Waals surface area contributed by atoms with E-state index < -0.39 is 0 Å². The van der Waals surface area contributed by atoms with E-state index >= 15 is 0 Å². The highest BCUT2D eigenvalue weighted by Gasteiger charge is 2.07. The molecule has 1 aromatic carbocycles. The summed E-state index contributed by atoms with van der Waals surface area (Å²) >= 11 is 0. The molecule has 2 aromatic rings. The summed E-state index contributed by atoms with van der Waals surface area (Å²) in [6.07, 6.45) is 0. The molecule has 0 radical (unpaired) electrons. The minimum Gasteiger partial charge on any atom is -0.355 e. The first-order valence-electron chi connectivity index (χ1n) is 6.94. The zero-order valence-corrected chi connectivity index (χ0v) is 12.6.